The molecule has 1 aromatic carbocycles. The van der Waals surface area contributed by atoms with Crippen LogP contribution in [0.3, 0.4) is 0 Å². The minimum absolute atomic E-state index is 0.0468. The van der Waals surface area contributed by atoms with Crippen molar-refractivity contribution in [2.24, 2.45) is 12.9 Å². The van der Waals surface area contributed by atoms with E-state index >= 15 is 0 Å². The molecule has 0 saturated carbocycles. The SMILES string of the molecule is CCOC(c1ccccc1)C(CCc1ccnn1C)NN. The largest absolute Gasteiger partial charge is 0.372 e. The molecule has 5 heteroatoms. The van der Waals surface area contributed by atoms with E-state index in [1.54, 1.807) is 0 Å². The number of aromatic nitrogens is 2. The summed E-state index contributed by atoms with van der Waals surface area (Å²) in [6, 6.07) is 12.3. The van der Waals surface area contributed by atoms with Crippen molar-refractivity contribution >= 4 is 0 Å². The summed E-state index contributed by atoms with van der Waals surface area (Å²) in [4.78, 5) is 0. The number of rotatable bonds is 8. The fourth-order valence-electron chi connectivity index (χ4n) is 2.54. The Balaban J connectivity index is 2.07. The first-order chi connectivity index (χ1) is 10.3. The third kappa shape index (κ3) is 4.14. The maximum Gasteiger partial charge on any atom is 0.0991 e. The highest BCUT2D eigenvalue weighted by Crippen LogP contribution is 2.23. The van der Waals surface area contributed by atoms with E-state index in [0.29, 0.717) is 6.61 Å². The van der Waals surface area contributed by atoms with Crippen LogP contribution in [0.25, 0.3) is 0 Å². The molecule has 0 fully saturated rings. The van der Waals surface area contributed by atoms with Crippen LogP contribution in [0.5, 0.6) is 0 Å². The van der Waals surface area contributed by atoms with Crippen molar-refractivity contribution in [2.75, 3.05) is 6.61 Å². The van der Waals surface area contributed by atoms with Crippen LogP contribution >= 0.6 is 0 Å². The lowest BCUT2D eigenvalue weighted by atomic mass is 9.98. The lowest BCUT2D eigenvalue weighted by molar-refractivity contribution is 0.0308. The van der Waals surface area contributed by atoms with E-state index in [4.69, 9.17) is 10.6 Å². The van der Waals surface area contributed by atoms with Crippen LogP contribution in [0, 0.1) is 0 Å². The average molecular weight is 288 g/mol. The van der Waals surface area contributed by atoms with Gasteiger partial charge >= 0.3 is 0 Å². The zero-order valence-electron chi connectivity index (χ0n) is 12.7. The van der Waals surface area contributed by atoms with Crippen LogP contribution in [-0.4, -0.2) is 22.4 Å². The second kappa shape index (κ2) is 7.93. The number of nitrogens with two attached hydrogens (primary N) is 1. The molecule has 0 radical (unpaired) electrons. The third-order valence-corrected chi connectivity index (χ3v) is 3.69. The molecule has 1 heterocycles. The average Bonchev–Trinajstić information content (AvgIpc) is 2.93. The molecular weight excluding hydrogens is 264 g/mol. The Kier molecular flexibility index (Phi) is 5.92. The maximum absolute atomic E-state index is 5.92. The number of hydrazine groups is 1. The van der Waals surface area contributed by atoms with Crippen molar-refractivity contribution in [3.05, 3.63) is 53.9 Å². The number of ether oxygens (including phenoxy) is 1. The van der Waals surface area contributed by atoms with Crippen molar-refractivity contribution in [3.63, 3.8) is 0 Å². The summed E-state index contributed by atoms with van der Waals surface area (Å²) in [7, 11) is 1.96. The van der Waals surface area contributed by atoms with Gasteiger partial charge in [-0.05, 0) is 31.4 Å². The van der Waals surface area contributed by atoms with Gasteiger partial charge in [-0.25, -0.2) is 0 Å². The topological polar surface area (TPSA) is 65.1 Å². The van der Waals surface area contributed by atoms with E-state index in [-0.39, 0.29) is 12.1 Å². The van der Waals surface area contributed by atoms with Crippen LogP contribution in [0.1, 0.15) is 30.7 Å². The standard InChI is InChI=1S/C16H24N4O/c1-3-21-16(13-7-5-4-6-8-13)15(19-17)10-9-14-11-12-18-20(14)2/h4-8,11-12,15-16,19H,3,9-10,17H2,1-2H3. The minimum atomic E-state index is -0.0468. The van der Waals surface area contributed by atoms with Gasteiger partial charge < -0.3 is 4.74 Å². The molecule has 3 N–H and O–H groups in total. The fraction of sp³-hybridized carbons (Fsp3) is 0.438. The second-order valence-electron chi connectivity index (χ2n) is 5.04. The van der Waals surface area contributed by atoms with Gasteiger partial charge in [-0.2, -0.15) is 5.10 Å². The molecule has 5 nitrogen and oxygen atoms in total. The Labute approximate surface area is 126 Å². The Morgan fingerprint density at radius 2 is 2.05 bits per heavy atom. The number of aryl methyl sites for hydroxylation is 2. The predicted octanol–water partition coefficient (Wildman–Crippen LogP) is 1.96. The summed E-state index contributed by atoms with van der Waals surface area (Å²) >= 11 is 0. The van der Waals surface area contributed by atoms with E-state index in [2.05, 4.69) is 22.7 Å². The Morgan fingerprint density at radius 3 is 2.62 bits per heavy atom. The smallest absolute Gasteiger partial charge is 0.0991 e. The van der Waals surface area contributed by atoms with Gasteiger partial charge in [0.05, 0.1) is 12.1 Å². The van der Waals surface area contributed by atoms with Crippen LogP contribution in [0.4, 0.5) is 0 Å². The molecule has 1 aromatic heterocycles. The van der Waals surface area contributed by atoms with Crippen molar-refractivity contribution in [2.45, 2.75) is 31.9 Å². The zero-order valence-corrected chi connectivity index (χ0v) is 12.7. The van der Waals surface area contributed by atoms with E-state index in [0.717, 1.165) is 18.4 Å². The highest BCUT2D eigenvalue weighted by molar-refractivity contribution is 5.19. The van der Waals surface area contributed by atoms with E-state index in [1.165, 1.54) is 5.69 Å². The fourth-order valence-corrected chi connectivity index (χ4v) is 2.54. The van der Waals surface area contributed by atoms with E-state index in [9.17, 15) is 0 Å². The summed E-state index contributed by atoms with van der Waals surface area (Å²) in [6.07, 6.45) is 3.56. The van der Waals surface area contributed by atoms with E-state index < -0.39 is 0 Å². The molecule has 21 heavy (non-hydrogen) atoms. The summed E-state index contributed by atoms with van der Waals surface area (Å²) < 4.78 is 7.81. The first-order valence-electron chi connectivity index (χ1n) is 7.35. The van der Waals surface area contributed by atoms with Crippen LogP contribution in [-0.2, 0) is 18.2 Å². The Bertz CT molecular complexity index is 526. The molecule has 2 aromatic rings. The predicted molar refractivity (Wildman–Crippen MR) is 83.4 cm³/mol. The molecule has 0 spiro atoms. The summed E-state index contributed by atoms with van der Waals surface area (Å²) in [5.74, 6) is 5.77. The Hall–Kier alpha value is -1.69. The van der Waals surface area contributed by atoms with Gasteiger partial charge in [-0.3, -0.25) is 16.0 Å². The lowest BCUT2D eigenvalue weighted by Crippen LogP contribution is -2.41. The van der Waals surface area contributed by atoms with Gasteiger partial charge in [0.2, 0.25) is 0 Å². The lowest BCUT2D eigenvalue weighted by Gasteiger charge is -2.27. The third-order valence-electron chi connectivity index (χ3n) is 3.69. The van der Waals surface area contributed by atoms with Crippen LogP contribution < -0.4 is 11.3 Å². The summed E-state index contributed by atoms with van der Waals surface area (Å²) in [6.45, 7) is 2.66. The molecular formula is C16H24N4O. The van der Waals surface area contributed by atoms with Gasteiger partial charge in [-0.15, -0.1) is 0 Å². The monoisotopic (exact) mass is 288 g/mol. The normalized spacial score (nSPS) is 14.0. The van der Waals surface area contributed by atoms with Crippen LogP contribution in [0.15, 0.2) is 42.6 Å². The Morgan fingerprint density at radius 1 is 1.29 bits per heavy atom. The second-order valence-corrected chi connectivity index (χ2v) is 5.04. The zero-order chi connectivity index (χ0) is 15.1. The minimum Gasteiger partial charge on any atom is -0.372 e. The molecule has 0 amide bonds. The van der Waals surface area contributed by atoms with Crippen molar-refractivity contribution in [1.29, 1.82) is 0 Å². The summed E-state index contributed by atoms with van der Waals surface area (Å²) in [5.41, 5.74) is 5.25. The number of hydrogen-bond acceptors (Lipinski definition) is 4. The van der Waals surface area contributed by atoms with E-state index in [1.807, 2.05) is 49.1 Å². The highest BCUT2D eigenvalue weighted by Gasteiger charge is 2.22. The van der Waals surface area contributed by atoms with Gasteiger partial charge in [0, 0.05) is 25.5 Å². The molecule has 2 rings (SSSR count). The van der Waals surface area contributed by atoms with Gasteiger partial charge in [0.1, 0.15) is 0 Å². The molecule has 0 aliphatic heterocycles. The van der Waals surface area contributed by atoms with Crippen molar-refractivity contribution < 1.29 is 4.74 Å². The molecule has 0 bridgehead atoms. The maximum atomic E-state index is 5.92. The van der Waals surface area contributed by atoms with Crippen molar-refractivity contribution in [1.82, 2.24) is 15.2 Å². The molecule has 0 aliphatic carbocycles. The molecule has 0 aliphatic rings. The quantitative estimate of drug-likeness (QED) is 0.576. The summed E-state index contributed by atoms with van der Waals surface area (Å²) in [5, 5.41) is 4.19. The molecule has 2 atom stereocenters. The molecule has 2 unspecified atom stereocenters. The highest BCUT2D eigenvalue weighted by atomic mass is 16.5. The molecule has 0 saturated heterocycles. The number of nitrogens with one attached hydrogen (secondary N) is 1. The number of nitrogens with zero attached hydrogens (tertiary/aromatic N) is 2. The number of benzene rings is 1. The first-order valence-corrected chi connectivity index (χ1v) is 7.35. The van der Waals surface area contributed by atoms with Crippen molar-refractivity contribution in [3.8, 4) is 0 Å². The number of hydrogen-bond donors (Lipinski definition) is 2. The van der Waals surface area contributed by atoms with Crippen LogP contribution in [0.2, 0.25) is 0 Å². The van der Waals surface area contributed by atoms with Gasteiger partial charge in [0.25, 0.3) is 0 Å². The first kappa shape index (κ1) is 15.7. The van der Waals surface area contributed by atoms with Gasteiger partial charge in [-0.1, -0.05) is 30.3 Å². The van der Waals surface area contributed by atoms with Gasteiger partial charge in [0.15, 0.2) is 0 Å². The molecule has 114 valence electrons.